The minimum atomic E-state index is 0.714. The van der Waals surface area contributed by atoms with Crippen LogP contribution in [0.5, 0.6) is 0 Å². The van der Waals surface area contributed by atoms with E-state index in [4.69, 9.17) is 11.6 Å². The Balaban J connectivity index is 2.30. The van der Waals surface area contributed by atoms with Crippen molar-refractivity contribution >= 4 is 11.6 Å². The van der Waals surface area contributed by atoms with E-state index in [0.29, 0.717) is 5.50 Å². The van der Waals surface area contributed by atoms with Crippen molar-refractivity contribution in [2.24, 2.45) is 0 Å². The molecule has 0 saturated heterocycles. The molecule has 1 aromatic heterocycles. The van der Waals surface area contributed by atoms with Gasteiger partial charge < -0.3 is 0 Å². The summed E-state index contributed by atoms with van der Waals surface area (Å²) in [5.74, 6) is 0. The van der Waals surface area contributed by atoms with Crippen LogP contribution in [-0.2, 0) is 0 Å². The molecule has 0 saturated carbocycles. The molecular weight excluding hydrogens is 194 g/mol. The van der Waals surface area contributed by atoms with Crippen molar-refractivity contribution in [2.75, 3.05) is 0 Å². The Bertz CT molecular complexity index is 346. The van der Waals surface area contributed by atoms with Crippen LogP contribution in [0.15, 0.2) is 60.9 Å². The van der Waals surface area contributed by atoms with Gasteiger partial charge >= 0.3 is 0 Å². The first kappa shape index (κ1) is 9.10. The molecule has 2 heteroatoms. The van der Waals surface area contributed by atoms with Crippen molar-refractivity contribution in [3.05, 3.63) is 72.0 Å². The summed E-state index contributed by atoms with van der Waals surface area (Å²) in [6.07, 6.45) is 3.85. The van der Waals surface area contributed by atoms with Crippen molar-refractivity contribution in [3.8, 4) is 0 Å². The van der Waals surface area contributed by atoms with E-state index in [-0.39, 0.29) is 0 Å². The van der Waals surface area contributed by atoms with E-state index < -0.39 is 0 Å². The van der Waals surface area contributed by atoms with Crippen LogP contribution in [0, 0.1) is 5.50 Å². The predicted octanol–water partition coefficient (Wildman–Crippen LogP) is 2.60. The third kappa shape index (κ3) is 1.88. The van der Waals surface area contributed by atoms with Gasteiger partial charge in [-0.25, -0.2) is 0 Å². The van der Waals surface area contributed by atoms with Crippen LogP contribution in [-0.4, -0.2) is 0 Å². The fourth-order valence-corrected chi connectivity index (χ4v) is 1.49. The molecule has 1 heterocycles. The first-order valence-corrected chi connectivity index (χ1v) is 4.80. The molecule has 2 rings (SSSR count). The maximum absolute atomic E-state index is 6.21. The smallest absolute Gasteiger partial charge is 0.208 e. The highest BCUT2D eigenvalue weighted by atomic mass is 35.5. The normalized spacial score (nSPS) is 9.79. The molecular formula is C12H10ClN. The molecule has 14 heavy (non-hydrogen) atoms. The fourth-order valence-electron chi connectivity index (χ4n) is 1.25. The van der Waals surface area contributed by atoms with Crippen molar-refractivity contribution in [1.29, 1.82) is 0 Å². The van der Waals surface area contributed by atoms with Crippen LogP contribution in [0.4, 0.5) is 0 Å². The second-order valence-electron chi connectivity index (χ2n) is 2.94. The second-order valence-corrected chi connectivity index (χ2v) is 3.30. The minimum Gasteiger partial charge on any atom is -0.254 e. The number of benzene rings is 1. The van der Waals surface area contributed by atoms with Crippen molar-refractivity contribution < 1.29 is 4.57 Å². The molecule has 0 aliphatic heterocycles. The standard InChI is InChI=1S/C12H10ClN/c13-12(11-7-3-1-4-8-11)14-9-5-2-6-10-14/h1-10H. The summed E-state index contributed by atoms with van der Waals surface area (Å²) in [4.78, 5) is 0. The zero-order valence-electron chi connectivity index (χ0n) is 7.60. The van der Waals surface area contributed by atoms with Gasteiger partial charge in [0.25, 0.3) is 0 Å². The maximum atomic E-state index is 6.21. The lowest BCUT2D eigenvalue weighted by Crippen LogP contribution is -2.36. The first-order chi connectivity index (χ1) is 6.88. The molecule has 0 aliphatic carbocycles. The average Bonchev–Trinajstić information content (AvgIpc) is 2.30. The van der Waals surface area contributed by atoms with E-state index in [1.165, 1.54) is 0 Å². The molecule has 2 aromatic rings. The van der Waals surface area contributed by atoms with E-state index in [9.17, 15) is 0 Å². The molecule has 0 fully saturated rings. The van der Waals surface area contributed by atoms with Crippen LogP contribution in [0.2, 0.25) is 0 Å². The molecule has 1 nitrogen and oxygen atoms in total. The molecule has 1 aromatic carbocycles. The Morgan fingerprint density at radius 3 is 2.07 bits per heavy atom. The van der Waals surface area contributed by atoms with Crippen molar-refractivity contribution in [2.45, 2.75) is 0 Å². The lowest BCUT2D eigenvalue weighted by Gasteiger charge is -2.09. The first-order valence-electron chi connectivity index (χ1n) is 4.42. The van der Waals surface area contributed by atoms with Gasteiger partial charge in [0, 0.05) is 0 Å². The van der Waals surface area contributed by atoms with E-state index in [1.54, 1.807) is 0 Å². The Kier molecular flexibility index (Phi) is 2.70. The van der Waals surface area contributed by atoms with Crippen molar-refractivity contribution in [1.82, 2.24) is 0 Å². The van der Waals surface area contributed by atoms with Gasteiger partial charge in [0.1, 0.15) is 12.4 Å². The summed E-state index contributed by atoms with van der Waals surface area (Å²) in [6, 6.07) is 15.8. The third-order valence-corrected chi connectivity index (χ3v) is 2.37. The Hall–Kier alpha value is -1.47. The maximum Gasteiger partial charge on any atom is 0.208 e. The highest BCUT2D eigenvalue weighted by Crippen LogP contribution is 2.14. The minimum absolute atomic E-state index is 0.714. The van der Waals surface area contributed by atoms with Gasteiger partial charge in [0.2, 0.25) is 5.50 Å². The molecule has 0 unspecified atom stereocenters. The van der Waals surface area contributed by atoms with Gasteiger partial charge in [0.15, 0.2) is 0 Å². The second kappa shape index (κ2) is 4.16. The summed E-state index contributed by atoms with van der Waals surface area (Å²) >= 11 is 6.21. The fraction of sp³-hybridized carbons (Fsp3) is 0. The average molecular weight is 204 g/mol. The predicted molar refractivity (Wildman–Crippen MR) is 56.7 cm³/mol. The number of rotatable bonds is 2. The number of aromatic nitrogens is 1. The Morgan fingerprint density at radius 1 is 0.857 bits per heavy atom. The zero-order valence-corrected chi connectivity index (χ0v) is 8.35. The molecule has 0 bridgehead atoms. The number of hydrogen-bond acceptors (Lipinski definition) is 0. The lowest BCUT2D eigenvalue weighted by molar-refractivity contribution is -0.638. The van der Waals surface area contributed by atoms with Crippen LogP contribution in [0.1, 0.15) is 5.56 Å². The SMILES string of the molecule is Cl[C-](c1ccccc1)[n+]1ccccc1. The van der Waals surface area contributed by atoms with Crippen molar-refractivity contribution in [3.63, 3.8) is 0 Å². The highest BCUT2D eigenvalue weighted by molar-refractivity contribution is 6.27. The lowest BCUT2D eigenvalue weighted by atomic mass is 10.2. The van der Waals surface area contributed by atoms with Gasteiger partial charge in [-0.1, -0.05) is 35.9 Å². The van der Waals surface area contributed by atoms with Gasteiger partial charge in [-0.15, -0.1) is 12.1 Å². The van der Waals surface area contributed by atoms with Crippen LogP contribution in [0.3, 0.4) is 0 Å². The molecule has 0 amide bonds. The molecule has 0 atom stereocenters. The quantitative estimate of drug-likeness (QED) is 0.522. The van der Waals surface area contributed by atoms with E-state index in [1.807, 2.05) is 65.5 Å². The van der Waals surface area contributed by atoms with Crippen LogP contribution < -0.4 is 4.57 Å². The van der Waals surface area contributed by atoms with E-state index in [0.717, 1.165) is 5.56 Å². The number of pyridine rings is 1. The molecule has 0 N–H and O–H groups in total. The topological polar surface area (TPSA) is 3.88 Å². The summed E-state index contributed by atoms with van der Waals surface area (Å²) < 4.78 is 1.89. The number of halogens is 1. The largest absolute Gasteiger partial charge is 0.254 e. The van der Waals surface area contributed by atoms with Gasteiger partial charge in [-0.05, 0) is 17.7 Å². The highest BCUT2D eigenvalue weighted by Gasteiger charge is 2.09. The summed E-state index contributed by atoms with van der Waals surface area (Å²) in [6.45, 7) is 0. The van der Waals surface area contributed by atoms with Crippen LogP contribution >= 0.6 is 11.6 Å². The van der Waals surface area contributed by atoms with E-state index in [2.05, 4.69) is 0 Å². The van der Waals surface area contributed by atoms with Gasteiger partial charge in [-0.3, -0.25) is 4.57 Å². The number of hydrogen-bond donors (Lipinski definition) is 0. The van der Waals surface area contributed by atoms with Gasteiger partial charge in [-0.2, -0.15) is 0 Å². The Labute approximate surface area is 88.6 Å². The van der Waals surface area contributed by atoms with E-state index >= 15 is 0 Å². The monoisotopic (exact) mass is 203 g/mol. The molecule has 0 spiro atoms. The summed E-state index contributed by atoms with van der Waals surface area (Å²) in [5.41, 5.74) is 1.73. The summed E-state index contributed by atoms with van der Waals surface area (Å²) in [5, 5.41) is 0. The zero-order chi connectivity index (χ0) is 9.80. The number of nitrogens with zero attached hydrogens (tertiary/aromatic N) is 1. The summed E-state index contributed by atoms with van der Waals surface area (Å²) in [7, 11) is 0. The molecule has 70 valence electrons. The van der Waals surface area contributed by atoms with Crippen LogP contribution in [0.25, 0.3) is 0 Å². The Morgan fingerprint density at radius 2 is 1.43 bits per heavy atom. The molecule has 0 aliphatic rings. The third-order valence-electron chi connectivity index (χ3n) is 1.95. The van der Waals surface area contributed by atoms with Gasteiger partial charge in [0.05, 0.1) is 0 Å². The molecule has 0 radical (unpaired) electrons.